The smallest absolute Gasteiger partial charge is 0.146 e. The van der Waals surface area contributed by atoms with E-state index in [0.717, 1.165) is 6.42 Å². The molecule has 0 aromatic heterocycles. The number of para-hydroxylation sites is 1. The molecule has 0 radical (unpaired) electrons. The van der Waals surface area contributed by atoms with Crippen molar-refractivity contribution in [3.05, 3.63) is 30.1 Å². The van der Waals surface area contributed by atoms with Crippen LogP contribution >= 0.6 is 0 Å². The van der Waals surface area contributed by atoms with Crippen LogP contribution < -0.4 is 5.32 Å². The second-order valence-corrected chi connectivity index (χ2v) is 4.50. The Morgan fingerprint density at radius 1 is 1.13 bits per heavy atom. The first kappa shape index (κ1) is 12.0. The van der Waals surface area contributed by atoms with E-state index < -0.39 is 0 Å². The van der Waals surface area contributed by atoms with Crippen molar-refractivity contribution in [2.75, 3.05) is 5.32 Å². The highest BCUT2D eigenvalue weighted by Gasteiger charge is 2.06. The summed E-state index contributed by atoms with van der Waals surface area (Å²) in [5.74, 6) is 0.531. The lowest BCUT2D eigenvalue weighted by Gasteiger charge is -2.16. The molecule has 0 saturated heterocycles. The third kappa shape index (κ3) is 4.32. The van der Waals surface area contributed by atoms with Crippen molar-refractivity contribution >= 4 is 5.69 Å². The van der Waals surface area contributed by atoms with E-state index in [0.29, 0.717) is 17.6 Å². The van der Waals surface area contributed by atoms with Gasteiger partial charge in [0.2, 0.25) is 0 Å². The van der Waals surface area contributed by atoms with Gasteiger partial charge in [-0.15, -0.1) is 0 Å². The van der Waals surface area contributed by atoms with Crippen LogP contribution in [0.15, 0.2) is 24.3 Å². The van der Waals surface area contributed by atoms with Gasteiger partial charge in [0.25, 0.3) is 0 Å². The third-order valence-corrected chi connectivity index (χ3v) is 2.45. The average molecular weight is 209 g/mol. The molecule has 1 aromatic carbocycles. The van der Waals surface area contributed by atoms with Crippen LogP contribution in [0.25, 0.3) is 0 Å². The number of anilines is 1. The van der Waals surface area contributed by atoms with Crippen LogP contribution in [0.3, 0.4) is 0 Å². The largest absolute Gasteiger partial charge is 0.380 e. The van der Waals surface area contributed by atoms with Crippen LogP contribution in [0.4, 0.5) is 10.1 Å². The van der Waals surface area contributed by atoms with Crippen LogP contribution in [0, 0.1) is 11.7 Å². The van der Waals surface area contributed by atoms with E-state index in [4.69, 9.17) is 0 Å². The Bertz CT molecular complexity index is 296. The van der Waals surface area contributed by atoms with E-state index in [1.807, 2.05) is 6.07 Å². The summed E-state index contributed by atoms with van der Waals surface area (Å²) in [4.78, 5) is 0. The maximum atomic E-state index is 13.3. The molecule has 2 heteroatoms. The van der Waals surface area contributed by atoms with Gasteiger partial charge in [0.1, 0.15) is 5.82 Å². The molecule has 0 spiro atoms. The number of hydrogen-bond acceptors (Lipinski definition) is 1. The summed E-state index contributed by atoms with van der Waals surface area (Å²) in [6, 6.07) is 7.14. The summed E-state index contributed by atoms with van der Waals surface area (Å²) in [7, 11) is 0. The average Bonchev–Trinajstić information content (AvgIpc) is 2.18. The lowest BCUT2D eigenvalue weighted by atomic mass is 10.0. The highest BCUT2D eigenvalue weighted by atomic mass is 19.1. The predicted octanol–water partition coefficient (Wildman–Crippen LogP) is 4.06. The van der Waals surface area contributed by atoms with Crippen LogP contribution in [-0.4, -0.2) is 6.04 Å². The van der Waals surface area contributed by atoms with Gasteiger partial charge in [0.05, 0.1) is 5.69 Å². The lowest BCUT2D eigenvalue weighted by molar-refractivity contribution is 0.525. The number of benzene rings is 1. The van der Waals surface area contributed by atoms with Gasteiger partial charge in [-0.1, -0.05) is 26.0 Å². The molecular formula is C13H20FN. The van der Waals surface area contributed by atoms with E-state index in [1.54, 1.807) is 12.1 Å². The minimum absolute atomic E-state index is 0.172. The van der Waals surface area contributed by atoms with E-state index in [2.05, 4.69) is 26.1 Å². The minimum atomic E-state index is -0.172. The molecule has 84 valence electrons. The third-order valence-electron chi connectivity index (χ3n) is 2.45. The Morgan fingerprint density at radius 2 is 1.80 bits per heavy atom. The fraction of sp³-hybridized carbons (Fsp3) is 0.538. The molecule has 0 aliphatic heterocycles. The summed E-state index contributed by atoms with van der Waals surface area (Å²) >= 11 is 0. The van der Waals surface area contributed by atoms with Crippen molar-refractivity contribution in [1.82, 2.24) is 0 Å². The van der Waals surface area contributed by atoms with Gasteiger partial charge in [-0.05, 0) is 37.8 Å². The van der Waals surface area contributed by atoms with Crippen molar-refractivity contribution in [2.45, 2.75) is 39.7 Å². The van der Waals surface area contributed by atoms with Gasteiger partial charge in [0.15, 0.2) is 0 Å². The lowest BCUT2D eigenvalue weighted by Crippen LogP contribution is -2.16. The molecule has 1 rings (SSSR count). The van der Waals surface area contributed by atoms with Crippen LogP contribution in [0.1, 0.15) is 33.6 Å². The molecular weight excluding hydrogens is 189 g/mol. The molecule has 0 heterocycles. The number of halogens is 1. The Balaban J connectivity index is 2.44. The zero-order valence-corrected chi connectivity index (χ0v) is 9.76. The van der Waals surface area contributed by atoms with Crippen molar-refractivity contribution in [3.63, 3.8) is 0 Å². The zero-order valence-electron chi connectivity index (χ0n) is 9.76. The van der Waals surface area contributed by atoms with E-state index >= 15 is 0 Å². The second kappa shape index (κ2) is 5.74. The van der Waals surface area contributed by atoms with Gasteiger partial charge >= 0.3 is 0 Å². The highest BCUT2D eigenvalue weighted by Crippen LogP contribution is 2.16. The van der Waals surface area contributed by atoms with E-state index in [1.165, 1.54) is 12.5 Å². The maximum absolute atomic E-state index is 13.3. The number of nitrogens with one attached hydrogen (secondary N) is 1. The fourth-order valence-electron chi connectivity index (χ4n) is 1.50. The van der Waals surface area contributed by atoms with Crippen LogP contribution in [0.5, 0.6) is 0 Å². The van der Waals surface area contributed by atoms with Gasteiger partial charge in [-0.25, -0.2) is 4.39 Å². The van der Waals surface area contributed by atoms with Crippen molar-refractivity contribution in [1.29, 1.82) is 0 Å². The van der Waals surface area contributed by atoms with Crippen molar-refractivity contribution < 1.29 is 4.39 Å². The normalized spacial score (nSPS) is 12.9. The maximum Gasteiger partial charge on any atom is 0.146 e. The van der Waals surface area contributed by atoms with Gasteiger partial charge < -0.3 is 5.32 Å². The van der Waals surface area contributed by atoms with Gasteiger partial charge in [0, 0.05) is 6.04 Å². The number of rotatable bonds is 5. The summed E-state index contributed by atoms with van der Waals surface area (Å²) in [6.07, 6.45) is 2.24. The quantitative estimate of drug-likeness (QED) is 0.771. The van der Waals surface area contributed by atoms with E-state index in [-0.39, 0.29) is 5.82 Å². The summed E-state index contributed by atoms with van der Waals surface area (Å²) in [6.45, 7) is 6.50. The zero-order chi connectivity index (χ0) is 11.3. The fourth-order valence-corrected chi connectivity index (χ4v) is 1.50. The second-order valence-electron chi connectivity index (χ2n) is 4.50. The van der Waals surface area contributed by atoms with Gasteiger partial charge in [-0.2, -0.15) is 0 Å². The highest BCUT2D eigenvalue weighted by molar-refractivity contribution is 5.44. The monoisotopic (exact) mass is 209 g/mol. The molecule has 1 aromatic rings. The van der Waals surface area contributed by atoms with Crippen molar-refractivity contribution in [3.8, 4) is 0 Å². The van der Waals surface area contributed by atoms with E-state index in [9.17, 15) is 4.39 Å². The molecule has 0 saturated carbocycles. The summed E-state index contributed by atoms with van der Waals surface area (Å²) in [5.41, 5.74) is 0.605. The predicted molar refractivity (Wildman–Crippen MR) is 63.6 cm³/mol. The molecule has 1 nitrogen and oxygen atoms in total. The Hall–Kier alpha value is -1.05. The molecule has 0 amide bonds. The molecule has 0 aliphatic carbocycles. The van der Waals surface area contributed by atoms with Crippen molar-refractivity contribution in [2.24, 2.45) is 5.92 Å². The Kier molecular flexibility index (Phi) is 4.60. The molecule has 1 atom stereocenters. The SMILES string of the molecule is CC(C)CCC(C)Nc1ccccc1F. The first-order valence-corrected chi connectivity index (χ1v) is 5.60. The minimum Gasteiger partial charge on any atom is -0.380 e. The molecule has 0 aliphatic rings. The molecule has 0 bridgehead atoms. The Morgan fingerprint density at radius 3 is 2.40 bits per heavy atom. The summed E-state index contributed by atoms with van der Waals surface area (Å²) in [5, 5.41) is 3.19. The van der Waals surface area contributed by atoms with Crippen LogP contribution in [0.2, 0.25) is 0 Å². The molecule has 15 heavy (non-hydrogen) atoms. The first-order valence-electron chi connectivity index (χ1n) is 5.60. The topological polar surface area (TPSA) is 12.0 Å². The Labute approximate surface area is 91.7 Å². The first-order chi connectivity index (χ1) is 7.09. The number of hydrogen-bond donors (Lipinski definition) is 1. The molecule has 1 unspecified atom stereocenters. The van der Waals surface area contributed by atoms with Gasteiger partial charge in [-0.3, -0.25) is 0 Å². The molecule has 0 fully saturated rings. The molecule has 1 N–H and O–H groups in total. The standard InChI is InChI=1S/C13H20FN/c1-10(2)8-9-11(3)15-13-7-5-4-6-12(13)14/h4-7,10-11,15H,8-9H2,1-3H3. The van der Waals surface area contributed by atoms with Crippen LogP contribution in [-0.2, 0) is 0 Å². The summed E-state index contributed by atoms with van der Waals surface area (Å²) < 4.78 is 13.3.